The van der Waals surface area contributed by atoms with Gasteiger partial charge in [-0.3, -0.25) is 14.9 Å². The van der Waals surface area contributed by atoms with Crippen molar-refractivity contribution < 1.29 is 40.4 Å². The summed E-state index contributed by atoms with van der Waals surface area (Å²) in [6.45, 7) is 0.0788. The van der Waals surface area contributed by atoms with Gasteiger partial charge < -0.3 is 10.5 Å². The lowest BCUT2D eigenvalue weighted by atomic mass is 9.98. The van der Waals surface area contributed by atoms with E-state index in [9.17, 15) is 40.9 Å². The molecule has 1 aromatic heterocycles. The van der Waals surface area contributed by atoms with Crippen LogP contribution in [0.3, 0.4) is 0 Å². The molecule has 0 radical (unpaired) electrons. The number of rotatable bonds is 9. The lowest BCUT2D eigenvalue weighted by molar-refractivity contribution is -0.384. The van der Waals surface area contributed by atoms with Crippen molar-refractivity contribution >= 4 is 37.5 Å². The number of carbonyl (C=O) groups is 1. The van der Waals surface area contributed by atoms with Crippen LogP contribution in [0.5, 0.6) is 0 Å². The number of nitro groups is 1. The molecule has 34 heavy (non-hydrogen) atoms. The number of alkyl halides is 3. The van der Waals surface area contributed by atoms with Gasteiger partial charge in [-0.2, -0.15) is 17.9 Å². The predicted octanol–water partition coefficient (Wildman–Crippen LogP) is 2.91. The number of hydrogen-bond acceptors (Lipinski definition) is 7. The molecule has 0 spiro atoms. The number of sulfonamides is 1. The van der Waals surface area contributed by atoms with E-state index >= 15 is 0 Å². The Labute approximate surface area is 198 Å². The first-order chi connectivity index (χ1) is 15.4. The van der Waals surface area contributed by atoms with Crippen molar-refractivity contribution in [1.29, 1.82) is 0 Å². The maximum atomic E-state index is 14.6. The predicted molar refractivity (Wildman–Crippen MR) is 112 cm³/mol. The summed E-state index contributed by atoms with van der Waals surface area (Å²) in [6.07, 6.45) is -5.29. The fraction of sp³-hybridized carbons (Fsp3) is 0.333. The molecule has 186 valence electrons. The Balaban J connectivity index is 2.56. The van der Waals surface area contributed by atoms with E-state index in [1.807, 2.05) is 4.72 Å². The van der Waals surface area contributed by atoms with Gasteiger partial charge in [0.25, 0.3) is 11.6 Å². The second-order valence-electron chi connectivity index (χ2n) is 7.34. The van der Waals surface area contributed by atoms with Gasteiger partial charge in [0.05, 0.1) is 22.0 Å². The van der Waals surface area contributed by atoms with E-state index in [4.69, 9.17) is 10.5 Å². The highest BCUT2D eigenvalue weighted by molar-refractivity contribution is 9.10. The van der Waals surface area contributed by atoms with E-state index in [2.05, 4.69) is 20.9 Å². The van der Waals surface area contributed by atoms with Crippen LogP contribution in [0, 0.1) is 15.9 Å². The van der Waals surface area contributed by atoms with Crippen molar-refractivity contribution in [1.82, 2.24) is 9.71 Å². The second kappa shape index (κ2) is 9.52. The highest BCUT2D eigenvalue weighted by Gasteiger charge is 2.58. The Morgan fingerprint density at radius 3 is 2.24 bits per heavy atom. The number of amides is 1. The highest BCUT2D eigenvalue weighted by atomic mass is 79.9. The number of non-ortho nitro benzene ring substituents is 1. The summed E-state index contributed by atoms with van der Waals surface area (Å²) in [5.41, 5.74) is -2.08. The molecule has 10 nitrogen and oxygen atoms in total. The van der Waals surface area contributed by atoms with E-state index in [0.717, 1.165) is 43.3 Å². The molecule has 1 aromatic carbocycles. The zero-order chi connectivity index (χ0) is 26.1. The number of nitrogens with one attached hydrogen (secondary N) is 1. The zero-order valence-corrected chi connectivity index (χ0v) is 19.8. The van der Waals surface area contributed by atoms with Crippen LogP contribution in [-0.2, 0) is 25.1 Å². The maximum Gasteiger partial charge on any atom is 0.426 e. The van der Waals surface area contributed by atoms with Crippen LogP contribution in [0.1, 0.15) is 19.5 Å². The lowest BCUT2D eigenvalue weighted by Gasteiger charge is -2.35. The number of ether oxygens (including phenoxy) is 1. The third-order valence-electron chi connectivity index (χ3n) is 4.71. The van der Waals surface area contributed by atoms with Gasteiger partial charge in [0.1, 0.15) is 16.1 Å². The summed E-state index contributed by atoms with van der Waals surface area (Å²) in [4.78, 5) is 24.8. The van der Waals surface area contributed by atoms with Crippen molar-refractivity contribution in [3.8, 4) is 0 Å². The minimum Gasteiger partial charge on any atom is -0.367 e. The van der Waals surface area contributed by atoms with Gasteiger partial charge in [0.15, 0.2) is 0 Å². The van der Waals surface area contributed by atoms with Gasteiger partial charge in [-0.05, 0) is 54.0 Å². The van der Waals surface area contributed by atoms with E-state index in [1.54, 1.807) is 0 Å². The number of hydrogen-bond donors (Lipinski definition) is 2. The molecule has 1 amide bonds. The van der Waals surface area contributed by atoms with E-state index in [-0.39, 0.29) is 4.60 Å². The van der Waals surface area contributed by atoms with Gasteiger partial charge in [-0.25, -0.2) is 17.8 Å². The molecule has 2 rings (SSSR count). The summed E-state index contributed by atoms with van der Waals surface area (Å²) in [5.74, 6) is -3.02. The van der Waals surface area contributed by atoms with Crippen LogP contribution < -0.4 is 10.5 Å². The van der Waals surface area contributed by atoms with Crippen LogP contribution in [0.2, 0.25) is 0 Å². The number of carbonyl (C=O) groups excluding carboxylic acids is 1. The first kappa shape index (κ1) is 27.6. The molecule has 0 fully saturated rings. The first-order valence-corrected chi connectivity index (χ1v) is 11.3. The monoisotopic (exact) mass is 572 g/mol. The van der Waals surface area contributed by atoms with Crippen LogP contribution in [0.4, 0.5) is 23.2 Å². The summed E-state index contributed by atoms with van der Waals surface area (Å²) in [6, 6.07) is 5.55. The summed E-state index contributed by atoms with van der Waals surface area (Å²) in [5, 5.41) is 10.8. The molecule has 2 unspecified atom stereocenters. The molecule has 2 aromatic rings. The largest absolute Gasteiger partial charge is 0.426 e. The molecule has 0 saturated heterocycles. The van der Waals surface area contributed by atoms with Gasteiger partial charge in [0, 0.05) is 12.1 Å². The number of nitrogens with two attached hydrogens (primary N) is 1. The Morgan fingerprint density at radius 2 is 1.76 bits per heavy atom. The number of primary amides is 1. The number of nitro benzene ring substituents is 1. The highest BCUT2D eigenvalue weighted by Crippen LogP contribution is 2.36. The van der Waals surface area contributed by atoms with Crippen molar-refractivity contribution in [3.05, 3.63) is 62.6 Å². The molecule has 0 aliphatic heterocycles. The van der Waals surface area contributed by atoms with Gasteiger partial charge in [-0.15, -0.1) is 0 Å². The molecular formula is C18H17BrF4N4O6S. The Bertz CT molecular complexity index is 1210. The molecule has 16 heteroatoms. The minimum absolute atomic E-state index is 0.0122. The topological polar surface area (TPSA) is 155 Å². The van der Waals surface area contributed by atoms with Crippen LogP contribution in [0.15, 0.2) is 45.9 Å². The van der Waals surface area contributed by atoms with E-state index in [0.29, 0.717) is 6.92 Å². The molecule has 1 heterocycles. The summed E-state index contributed by atoms with van der Waals surface area (Å²) >= 11 is 2.97. The average Bonchev–Trinajstić information content (AvgIpc) is 2.72. The SMILES string of the molecule is CC(COC(C)(C(N)=O)C(F)(F)F)(NS(=O)(=O)c1ccc([N+](=O)[O-])cc1)c1nc(Br)ccc1F. The third-order valence-corrected chi connectivity index (χ3v) is 6.77. The van der Waals surface area contributed by atoms with Crippen molar-refractivity contribution in [2.45, 2.75) is 36.1 Å². The number of aromatic nitrogens is 1. The standard InChI is InChI=1S/C18H17BrF4N4O6S/c1-16(14-12(20)7-8-13(19)25-14,9-33-17(2,15(24)28)18(21,22)23)26-34(31,32)11-5-3-10(4-6-11)27(29)30/h3-8,26H,9H2,1-2H3,(H2,24,28). The first-order valence-electron chi connectivity index (χ1n) is 9.04. The van der Waals surface area contributed by atoms with Gasteiger partial charge in [0.2, 0.25) is 15.6 Å². The number of nitrogens with zero attached hydrogens (tertiary/aromatic N) is 2. The fourth-order valence-corrected chi connectivity index (χ4v) is 4.31. The molecule has 3 N–H and O–H groups in total. The van der Waals surface area contributed by atoms with Gasteiger partial charge >= 0.3 is 6.18 Å². The van der Waals surface area contributed by atoms with Crippen LogP contribution >= 0.6 is 15.9 Å². The average molecular weight is 573 g/mol. The van der Waals surface area contributed by atoms with E-state index in [1.165, 1.54) is 0 Å². The number of benzene rings is 1. The molecule has 0 aliphatic rings. The minimum atomic E-state index is -5.29. The Hall–Kier alpha value is -2.69. The summed E-state index contributed by atoms with van der Waals surface area (Å²) < 4.78 is 87.7. The van der Waals surface area contributed by atoms with Crippen molar-refractivity contribution in [2.75, 3.05) is 6.61 Å². The van der Waals surface area contributed by atoms with Crippen molar-refractivity contribution in [3.63, 3.8) is 0 Å². The van der Waals surface area contributed by atoms with Crippen molar-refractivity contribution in [2.24, 2.45) is 5.73 Å². The lowest BCUT2D eigenvalue weighted by Crippen LogP contribution is -2.58. The second-order valence-corrected chi connectivity index (χ2v) is 9.83. The Morgan fingerprint density at radius 1 is 1.21 bits per heavy atom. The molecule has 0 saturated carbocycles. The third kappa shape index (κ3) is 5.68. The fourth-order valence-electron chi connectivity index (χ4n) is 2.64. The summed E-state index contributed by atoms with van der Waals surface area (Å²) in [7, 11) is -4.63. The van der Waals surface area contributed by atoms with Crippen LogP contribution in [-0.4, -0.2) is 42.6 Å². The molecule has 0 aliphatic carbocycles. The maximum absolute atomic E-state index is 14.6. The van der Waals surface area contributed by atoms with Crippen LogP contribution in [0.25, 0.3) is 0 Å². The zero-order valence-electron chi connectivity index (χ0n) is 17.4. The van der Waals surface area contributed by atoms with E-state index < -0.39 is 66.9 Å². The normalized spacial score (nSPS) is 15.9. The molecular weight excluding hydrogens is 556 g/mol. The smallest absolute Gasteiger partial charge is 0.367 e. The number of halogens is 5. The quantitative estimate of drug-likeness (QED) is 0.202. The molecule has 0 bridgehead atoms. The Kier molecular flexibility index (Phi) is 7.71. The molecule has 2 atom stereocenters. The number of pyridine rings is 1. The van der Waals surface area contributed by atoms with Gasteiger partial charge in [-0.1, -0.05) is 0 Å².